The first-order chi connectivity index (χ1) is 15.1. The number of nitrogens with one attached hydrogen (secondary N) is 1. The van der Waals surface area contributed by atoms with Crippen LogP contribution in [0.5, 0.6) is 5.75 Å². The van der Waals surface area contributed by atoms with Crippen LogP contribution in [0.3, 0.4) is 0 Å². The molecule has 0 spiro atoms. The lowest BCUT2D eigenvalue weighted by atomic mass is 10.2. The summed E-state index contributed by atoms with van der Waals surface area (Å²) in [5, 5.41) is 1.08. The smallest absolute Gasteiger partial charge is 0.408 e. The summed E-state index contributed by atoms with van der Waals surface area (Å²) in [4.78, 5) is 16.7. The van der Waals surface area contributed by atoms with Gasteiger partial charge in [0.05, 0.1) is 11.1 Å². The molecule has 1 unspecified atom stereocenters. The van der Waals surface area contributed by atoms with Gasteiger partial charge in [0.1, 0.15) is 18.0 Å². The first-order valence-corrected chi connectivity index (χ1v) is 11.6. The Hall–Kier alpha value is -3.39. The summed E-state index contributed by atoms with van der Waals surface area (Å²) in [6.45, 7) is 5.40. The highest BCUT2D eigenvalue weighted by molar-refractivity contribution is 7.91. The maximum atomic E-state index is 13.4. The van der Waals surface area contributed by atoms with Crippen molar-refractivity contribution in [3.05, 3.63) is 90.3 Å². The Balaban J connectivity index is 1.91. The van der Waals surface area contributed by atoms with Crippen molar-refractivity contribution in [2.75, 3.05) is 0 Å². The number of rotatable bonds is 7. The Labute approximate surface area is 188 Å². The zero-order valence-electron chi connectivity index (χ0n) is 18.2. The Morgan fingerprint density at radius 1 is 1.00 bits per heavy atom. The summed E-state index contributed by atoms with van der Waals surface area (Å²) < 4.78 is 37.8. The largest absolute Gasteiger partial charge is 0.487 e. The van der Waals surface area contributed by atoms with Gasteiger partial charge in [0, 0.05) is 11.8 Å². The van der Waals surface area contributed by atoms with Gasteiger partial charge in [-0.25, -0.2) is 13.2 Å². The normalized spacial score (nSPS) is 12.6. The molecule has 0 aliphatic heterocycles. The van der Waals surface area contributed by atoms with E-state index in [0.29, 0.717) is 12.4 Å². The molecule has 0 saturated heterocycles. The first-order valence-electron chi connectivity index (χ1n) is 10.1. The Morgan fingerprint density at radius 3 is 2.25 bits per heavy atom. The second-order valence-electron chi connectivity index (χ2n) is 8.11. The third kappa shape index (κ3) is 6.31. The predicted octanol–water partition coefficient (Wildman–Crippen LogP) is 4.66. The van der Waals surface area contributed by atoms with Gasteiger partial charge in [0.2, 0.25) is 9.84 Å². The van der Waals surface area contributed by atoms with E-state index in [2.05, 4.69) is 10.3 Å². The second-order valence-corrected chi connectivity index (χ2v) is 10.1. The van der Waals surface area contributed by atoms with Crippen molar-refractivity contribution in [3.63, 3.8) is 0 Å². The van der Waals surface area contributed by atoms with Crippen LogP contribution in [0, 0.1) is 0 Å². The highest BCUT2D eigenvalue weighted by Crippen LogP contribution is 2.29. The van der Waals surface area contributed by atoms with Crippen LogP contribution in [0.15, 0.2) is 84.0 Å². The van der Waals surface area contributed by atoms with E-state index in [1.807, 2.05) is 30.3 Å². The van der Waals surface area contributed by atoms with Gasteiger partial charge < -0.3 is 14.8 Å². The number of pyridine rings is 1. The fraction of sp³-hybridized carbons (Fsp3) is 0.250. The molecule has 1 atom stereocenters. The molecule has 8 heteroatoms. The molecule has 168 valence electrons. The fourth-order valence-electron chi connectivity index (χ4n) is 2.90. The monoisotopic (exact) mass is 454 g/mol. The van der Waals surface area contributed by atoms with Crippen LogP contribution in [-0.4, -0.2) is 25.1 Å². The highest BCUT2D eigenvalue weighted by atomic mass is 32.2. The summed E-state index contributed by atoms with van der Waals surface area (Å²) in [6.07, 6.45) is 2.03. The number of benzene rings is 2. The summed E-state index contributed by atoms with van der Waals surface area (Å²) in [5.74, 6) is 0.380. The molecule has 1 heterocycles. The van der Waals surface area contributed by atoms with Crippen LogP contribution in [-0.2, 0) is 21.2 Å². The summed E-state index contributed by atoms with van der Waals surface area (Å²) >= 11 is 0. The van der Waals surface area contributed by atoms with Crippen molar-refractivity contribution in [2.45, 2.75) is 43.2 Å². The van der Waals surface area contributed by atoms with Crippen molar-refractivity contribution >= 4 is 15.9 Å². The van der Waals surface area contributed by atoms with E-state index in [1.54, 1.807) is 45.0 Å². The quantitative estimate of drug-likeness (QED) is 0.558. The Morgan fingerprint density at radius 2 is 1.62 bits per heavy atom. The third-order valence-corrected chi connectivity index (χ3v) is 6.26. The minimum Gasteiger partial charge on any atom is -0.487 e. The molecule has 3 rings (SSSR count). The maximum absolute atomic E-state index is 13.4. The molecule has 0 radical (unpaired) electrons. The van der Waals surface area contributed by atoms with E-state index in [1.165, 1.54) is 24.5 Å². The lowest BCUT2D eigenvalue weighted by Gasteiger charge is -2.24. The van der Waals surface area contributed by atoms with E-state index in [0.717, 1.165) is 5.56 Å². The molecule has 0 aliphatic carbocycles. The average Bonchev–Trinajstić information content (AvgIpc) is 2.76. The molecule has 7 nitrogen and oxygen atoms in total. The van der Waals surface area contributed by atoms with E-state index < -0.39 is 26.9 Å². The van der Waals surface area contributed by atoms with E-state index >= 15 is 0 Å². The van der Waals surface area contributed by atoms with Gasteiger partial charge in [0.25, 0.3) is 0 Å². The molecule has 3 aromatic rings. The van der Waals surface area contributed by atoms with Gasteiger partial charge in [-0.3, -0.25) is 4.98 Å². The van der Waals surface area contributed by atoms with Crippen molar-refractivity contribution in [2.24, 2.45) is 0 Å². The van der Waals surface area contributed by atoms with Gasteiger partial charge in [-0.1, -0.05) is 48.5 Å². The maximum Gasteiger partial charge on any atom is 0.408 e. The Bertz CT molecular complexity index is 1140. The van der Waals surface area contributed by atoms with Crippen LogP contribution in [0.2, 0.25) is 0 Å². The highest BCUT2D eigenvalue weighted by Gasteiger charge is 2.33. The van der Waals surface area contributed by atoms with Crippen molar-refractivity contribution < 1.29 is 22.7 Å². The van der Waals surface area contributed by atoms with Crippen LogP contribution >= 0.6 is 0 Å². The number of hydrogen-bond donors (Lipinski definition) is 1. The lowest BCUT2D eigenvalue weighted by molar-refractivity contribution is 0.0519. The number of ether oxygens (including phenoxy) is 2. The lowest BCUT2D eigenvalue weighted by Crippen LogP contribution is -2.38. The van der Waals surface area contributed by atoms with Gasteiger partial charge in [0.15, 0.2) is 5.37 Å². The van der Waals surface area contributed by atoms with Crippen LogP contribution in [0.1, 0.15) is 37.3 Å². The van der Waals surface area contributed by atoms with Crippen molar-refractivity contribution in [1.82, 2.24) is 10.3 Å². The van der Waals surface area contributed by atoms with Crippen LogP contribution in [0.4, 0.5) is 4.79 Å². The van der Waals surface area contributed by atoms with Crippen molar-refractivity contribution in [1.29, 1.82) is 0 Å². The number of aromatic nitrogens is 1. The van der Waals surface area contributed by atoms with Crippen molar-refractivity contribution in [3.8, 4) is 5.75 Å². The molecule has 1 aromatic heterocycles. The molecular weight excluding hydrogens is 428 g/mol. The molecule has 0 aliphatic rings. The van der Waals surface area contributed by atoms with Gasteiger partial charge in [-0.15, -0.1) is 0 Å². The number of carbonyl (C=O) groups excluding carboxylic acids is 1. The minimum atomic E-state index is -4.00. The third-order valence-electron chi connectivity index (χ3n) is 4.32. The predicted molar refractivity (Wildman–Crippen MR) is 121 cm³/mol. The first kappa shape index (κ1) is 23.3. The molecule has 0 fully saturated rings. The fourth-order valence-corrected chi connectivity index (χ4v) is 4.45. The number of alkyl carbamates (subject to hydrolysis) is 1. The summed E-state index contributed by atoms with van der Waals surface area (Å²) in [7, 11) is -4.00. The molecular formula is C24H26N2O5S. The average molecular weight is 455 g/mol. The molecule has 0 bridgehead atoms. The zero-order valence-corrected chi connectivity index (χ0v) is 19.0. The SMILES string of the molecule is CC(C)(C)OC(=O)NC(c1cncc(OCc2ccccc2)c1)S(=O)(=O)c1ccccc1. The molecule has 1 amide bonds. The van der Waals surface area contributed by atoms with Gasteiger partial charge >= 0.3 is 6.09 Å². The van der Waals surface area contributed by atoms with Crippen LogP contribution in [0.25, 0.3) is 0 Å². The second kappa shape index (κ2) is 9.82. The standard InChI is InChI=1S/C24H26N2O5S/c1-24(2,3)31-23(27)26-22(32(28,29)21-12-8-5-9-13-21)19-14-20(16-25-15-19)30-17-18-10-6-4-7-11-18/h4-16,22H,17H2,1-3H3,(H,26,27). The molecule has 0 saturated carbocycles. The molecule has 2 aromatic carbocycles. The topological polar surface area (TPSA) is 94.6 Å². The number of carbonyl (C=O) groups is 1. The minimum absolute atomic E-state index is 0.0664. The Kier molecular flexibility index (Phi) is 7.15. The number of nitrogens with zero attached hydrogens (tertiary/aromatic N) is 1. The number of sulfone groups is 1. The summed E-state index contributed by atoms with van der Waals surface area (Å²) in [6, 6.07) is 19.0. The van der Waals surface area contributed by atoms with E-state index in [9.17, 15) is 13.2 Å². The molecule has 32 heavy (non-hydrogen) atoms. The molecule has 1 N–H and O–H groups in total. The number of hydrogen-bond acceptors (Lipinski definition) is 6. The summed E-state index contributed by atoms with van der Waals surface area (Å²) in [5.41, 5.74) is 0.424. The van der Waals surface area contributed by atoms with Crippen LogP contribution < -0.4 is 10.1 Å². The van der Waals surface area contributed by atoms with E-state index in [-0.39, 0.29) is 10.5 Å². The van der Waals surface area contributed by atoms with Gasteiger partial charge in [-0.2, -0.15) is 0 Å². The zero-order chi connectivity index (χ0) is 23.2. The van der Waals surface area contributed by atoms with Gasteiger partial charge in [-0.05, 0) is 44.5 Å². The van der Waals surface area contributed by atoms with E-state index in [4.69, 9.17) is 9.47 Å². The number of amides is 1.